The minimum absolute atomic E-state index is 0.125. The number of halogens is 1. The molecule has 2 aromatic rings. The third-order valence-electron chi connectivity index (χ3n) is 3.73. The van der Waals surface area contributed by atoms with Gasteiger partial charge in [-0.25, -0.2) is 4.98 Å². The number of hydrogen-bond acceptors (Lipinski definition) is 2. The molecule has 1 heterocycles. The molecule has 0 aliphatic rings. The van der Waals surface area contributed by atoms with E-state index < -0.39 is 0 Å². The lowest BCUT2D eigenvalue weighted by Gasteiger charge is -2.25. The fourth-order valence-electron chi connectivity index (χ4n) is 2.69. The van der Waals surface area contributed by atoms with E-state index in [0.717, 1.165) is 11.3 Å². The topological polar surface area (TPSA) is 27.1 Å². The molecule has 20 heavy (non-hydrogen) atoms. The van der Waals surface area contributed by atoms with Crippen molar-refractivity contribution in [1.82, 2.24) is 9.55 Å². The summed E-state index contributed by atoms with van der Waals surface area (Å²) in [6.07, 6.45) is 0. The van der Waals surface area contributed by atoms with Crippen molar-refractivity contribution in [1.29, 1.82) is 0 Å². The highest BCUT2D eigenvalue weighted by atomic mass is 35.5. The van der Waals surface area contributed by atoms with Crippen molar-refractivity contribution in [2.75, 3.05) is 13.7 Å². The molecule has 0 spiro atoms. The molecule has 0 radical (unpaired) electrons. The zero-order valence-corrected chi connectivity index (χ0v) is 13.6. The highest BCUT2D eigenvalue weighted by Gasteiger charge is 2.24. The number of alkyl halides is 1. The van der Waals surface area contributed by atoms with Crippen LogP contribution in [0.3, 0.4) is 0 Å². The Bertz CT molecular complexity index is 589. The Hall–Kier alpha value is -1.06. The van der Waals surface area contributed by atoms with Crippen molar-refractivity contribution in [3.05, 3.63) is 29.6 Å². The number of benzene rings is 1. The molecule has 3 nitrogen and oxygen atoms in total. The number of para-hydroxylation sites is 1. The molecule has 0 amide bonds. The fourth-order valence-corrected chi connectivity index (χ4v) is 2.85. The van der Waals surface area contributed by atoms with Crippen LogP contribution in [-0.4, -0.2) is 23.3 Å². The van der Waals surface area contributed by atoms with Crippen LogP contribution in [0.25, 0.3) is 11.0 Å². The van der Waals surface area contributed by atoms with Crippen LogP contribution in [0.2, 0.25) is 0 Å². The summed E-state index contributed by atoms with van der Waals surface area (Å²) in [5.74, 6) is 1.37. The van der Waals surface area contributed by atoms with Crippen molar-refractivity contribution in [3.63, 3.8) is 0 Å². The summed E-state index contributed by atoms with van der Waals surface area (Å²) in [6, 6.07) is 6.44. The van der Waals surface area contributed by atoms with Gasteiger partial charge in [0.25, 0.3) is 0 Å². The van der Waals surface area contributed by atoms with E-state index in [0.29, 0.717) is 12.5 Å². The average molecular weight is 295 g/mol. The lowest BCUT2D eigenvalue weighted by Crippen LogP contribution is -2.22. The summed E-state index contributed by atoms with van der Waals surface area (Å²) in [4.78, 5) is 4.73. The number of ether oxygens (including phenoxy) is 1. The maximum Gasteiger partial charge on any atom is 0.128 e. The van der Waals surface area contributed by atoms with E-state index in [1.807, 2.05) is 19.1 Å². The third-order valence-corrected chi connectivity index (χ3v) is 3.93. The Balaban J connectivity index is 2.72. The highest BCUT2D eigenvalue weighted by molar-refractivity contribution is 6.20. The monoisotopic (exact) mass is 294 g/mol. The van der Waals surface area contributed by atoms with E-state index in [1.165, 1.54) is 11.1 Å². The molecule has 0 saturated heterocycles. The summed E-state index contributed by atoms with van der Waals surface area (Å²) in [5.41, 5.74) is 3.40. The second-order valence-electron chi connectivity index (χ2n) is 5.67. The number of methoxy groups -OCH3 is 1. The fraction of sp³-hybridized carbons (Fsp3) is 0.562. The molecule has 1 aromatic heterocycles. The number of hydrogen-bond donors (Lipinski definition) is 0. The van der Waals surface area contributed by atoms with E-state index in [1.54, 1.807) is 7.11 Å². The normalized spacial score (nSPS) is 14.9. The smallest absolute Gasteiger partial charge is 0.128 e. The zero-order chi connectivity index (χ0) is 14.9. The second kappa shape index (κ2) is 6.15. The summed E-state index contributed by atoms with van der Waals surface area (Å²) < 4.78 is 7.70. The number of imidazole rings is 1. The lowest BCUT2D eigenvalue weighted by molar-refractivity contribution is 0.133. The molecule has 4 heteroatoms. The molecule has 0 aliphatic heterocycles. The SMILES string of the molecule is COCC(C(C)C)n1c(C(C)Cl)nc2cccc(C)c21. The Kier molecular flexibility index (Phi) is 4.71. The minimum atomic E-state index is -0.125. The van der Waals surface area contributed by atoms with Crippen LogP contribution in [0.4, 0.5) is 0 Å². The van der Waals surface area contributed by atoms with Gasteiger partial charge in [0.1, 0.15) is 5.82 Å². The summed E-state index contributed by atoms with van der Waals surface area (Å²) in [7, 11) is 1.74. The number of nitrogens with zero attached hydrogens (tertiary/aromatic N) is 2. The molecule has 2 unspecified atom stereocenters. The Labute approximate surface area is 125 Å². The maximum absolute atomic E-state index is 6.36. The highest BCUT2D eigenvalue weighted by Crippen LogP contribution is 2.32. The van der Waals surface area contributed by atoms with Crippen molar-refractivity contribution in [2.24, 2.45) is 5.92 Å². The van der Waals surface area contributed by atoms with Crippen molar-refractivity contribution < 1.29 is 4.74 Å². The molecule has 110 valence electrons. The van der Waals surface area contributed by atoms with Gasteiger partial charge in [-0.2, -0.15) is 0 Å². The Morgan fingerprint density at radius 2 is 2.00 bits per heavy atom. The first-order chi connectivity index (χ1) is 9.47. The number of fused-ring (bicyclic) bond motifs is 1. The standard InChI is InChI=1S/C16H23ClN2O/c1-10(2)14(9-20-5)19-15-11(3)7-6-8-13(15)18-16(19)12(4)17/h6-8,10,12,14H,9H2,1-5H3. The van der Waals surface area contributed by atoms with Gasteiger partial charge < -0.3 is 9.30 Å². The molecule has 2 atom stereocenters. The predicted octanol–water partition coefficient (Wildman–Crippen LogP) is 4.49. The van der Waals surface area contributed by atoms with Gasteiger partial charge in [0.15, 0.2) is 0 Å². The molecule has 0 fully saturated rings. The quantitative estimate of drug-likeness (QED) is 0.760. The molecular weight excluding hydrogens is 272 g/mol. The maximum atomic E-state index is 6.36. The van der Waals surface area contributed by atoms with Crippen molar-refractivity contribution in [2.45, 2.75) is 39.1 Å². The summed E-state index contributed by atoms with van der Waals surface area (Å²) in [6.45, 7) is 9.16. The Morgan fingerprint density at radius 1 is 1.30 bits per heavy atom. The average Bonchev–Trinajstić information content (AvgIpc) is 2.76. The molecular formula is C16H23ClN2O. The summed E-state index contributed by atoms with van der Waals surface area (Å²) in [5, 5.41) is -0.125. The van der Waals surface area contributed by atoms with Gasteiger partial charge in [-0.1, -0.05) is 26.0 Å². The van der Waals surface area contributed by atoms with E-state index in [4.69, 9.17) is 21.3 Å². The van der Waals surface area contributed by atoms with Gasteiger partial charge in [-0.15, -0.1) is 11.6 Å². The zero-order valence-electron chi connectivity index (χ0n) is 12.9. The van der Waals surface area contributed by atoms with Crippen LogP contribution < -0.4 is 0 Å². The Morgan fingerprint density at radius 3 is 2.55 bits per heavy atom. The van der Waals surface area contributed by atoms with E-state index in [-0.39, 0.29) is 11.4 Å². The molecule has 0 N–H and O–H groups in total. The van der Waals surface area contributed by atoms with Crippen molar-refractivity contribution in [3.8, 4) is 0 Å². The largest absolute Gasteiger partial charge is 0.383 e. The van der Waals surface area contributed by atoms with Gasteiger partial charge in [0, 0.05) is 7.11 Å². The van der Waals surface area contributed by atoms with Crippen LogP contribution in [0.5, 0.6) is 0 Å². The number of aryl methyl sites for hydroxylation is 1. The van der Waals surface area contributed by atoms with Crippen LogP contribution in [-0.2, 0) is 4.74 Å². The van der Waals surface area contributed by atoms with E-state index >= 15 is 0 Å². The van der Waals surface area contributed by atoms with E-state index in [2.05, 4.69) is 31.4 Å². The van der Waals surface area contributed by atoms with Gasteiger partial charge in [0.2, 0.25) is 0 Å². The third kappa shape index (κ3) is 2.70. The molecule has 0 bridgehead atoms. The minimum Gasteiger partial charge on any atom is -0.383 e. The van der Waals surface area contributed by atoms with Crippen LogP contribution in [0, 0.1) is 12.8 Å². The molecule has 0 aliphatic carbocycles. The first-order valence-electron chi connectivity index (χ1n) is 7.07. The van der Waals surface area contributed by atoms with Gasteiger partial charge in [0.05, 0.1) is 29.1 Å². The van der Waals surface area contributed by atoms with Crippen LogP contribution in [0.1, 0.15) is 43.6 Å². The molecule has 1 aromatic carbocycles. The van der Waals surface area contributed by atoms with Crippen LogP contribution in [0.15, 0.2) is 18.2 Å². The second-order valence-corrected chi connectivity index (χ2v) is 6.32. The molecule has 0 saturated carbocycles. The van der Waals surface area contributed by atoms with Crippen molar-refractivity contribution >= 4 is 22.6 Å². The number of aromatic nitrogens is 2. The molecule has 2 rings (SSSR count). The summed E-state index contributed by atoms with van der Waals surface area (Å²) >= 11 is 6.36. The van der Waals surface area contributed by atoms with Gasteiger partial charge >= 0.3 is 0 Å². The number of rotatable bonds is 5. The first-order valence-corrected chi connectivity index (χ1v) is 7.51. The van der Waals surface area contributed by atoms with Gasteiger partial charge in [-0.05, 0) is 31.4 Å². The van der Waals surface area contributed by atoms with Crippen LogP contribution >= 0.6 is 11.6 Å². The first kappa shape index (κ1) is 15.3. The van der Waals surface area contributed by atoms with E-state index in [9.17, 15) is 0 Å². The van der Waals surface area contributed by atoms with Gasteiger partial charge in [-0.3, -0.25) is 0 Å². The predicted molar refractivity (Wildman–Crippen MR) is 84.5 cm³/mol. The lowest BCUT2D eigenvalue weighted by atomic mass is 10.0.